The van der Waals surface area contributed by atoms with Crippen LogP contribution in [-0.4, -0.2) is 30.9 Å². The number of nitrogens with zero attached hydrogens (tertiary/aromatic N) is 2. The van der Waals surface area contributed by atoms with Crippen LogP contribution in [0.3, 0.4) is 0 Å². The van der Waals surface area contributed by atoms with Crippen LogP contribution in [0.2, 0.25) is 0 Å². The largest absolute Gasteiger partial charge is 0.326 e. The first kappa shape index (κ1) is 17.2. The molecule has 0 aliphatic rings. The monoisotopic (exact) mass is 287 g/mol. The lowest BCUT2D eigenvalue weighted by molar-refractivity contribution is -0.116. The molecular weight excluding hydrogens is 262 g/mol. The Hall–Kier alpha value is -1.86. The summed E-state index contributed by atoms with van der Waals surface area (Å²) in [6, 6.07) is 8.96. The van der Waals surface area contributed by atoms with Gasteiger partial charge in [-0.2, -0.15) is 5.26 Å². The normalized spacial score (nSPS) is 11.2. The minimum atomic E-state index is 0.0175. The van der Waals surface area contributed by atoms with Crippen LogP contribution in [0.1, 0.15) is 39.2 Å². The molecule has 4 heteroatoms. The van der Waals surface area contributed by atoms with Gasteiger partial charge in [0.05, 0.1) is 11.6 Å². The van der Waals surface area contributed by atoms with E-state index < -0.39 is 0 Å². The lowest BCUT2D eigenvalue weighted by atomic mass is 9.96. The molecule has 1 aromatic rings. The summed E-state index contributed by atoms with van der Waals surface area (Å²) in [4.78, 5) is 14.1. The predicted octanol–water partition coefficient (Wildman–Crippen LogP) is 3.25. The molecule has 1 N–H and O–H groups in total. The number of rotatable bonds is 6. The summed E-state index contributed by atoms with van der Waals surface area (Å²) < 4.78 is 0. The molecule has 0 bridgehead atoms. The van der Waals surface area contributed by atoms with Crippen molar-refractivity contribution in [2.45, 2.75) is 33.6 Å². The quantitative estimate of drug-likeness (QED) is 0.873. The van der Waals surface area contributed by atoms with Crippen molar-refractivity contribution < 1.29 is 4.79 Å². The summed E-state index contributed by atoms with van der Waals surface area (Å²) in [6.07, 6.45) is 1.35. The van der Waals surface area contributed by atoms with Crippen LogP contribution in [0.4, 0.5) is 5.69 Å². The topological polar surface area (TPSA) is 56.1 Å². The van der Waals surface area contributed by atoms with Gasteiger partial charge in [0.25, 0.3) is 0 Å². The number of amides is 1. The van der Waals surface area contributed by atoms with Crippen LogP contribution in [0.5, 0.6) is 0 Å². The molecule has 1 aromatic carbocycles. The maximum absolute atomic E-state index is 11.8. The van der Waals surface area contributed by atoms with E-state index in [-0.39, 0.29) is 11.3 Å². The van der Waals surface area contributed by atoms with E-state index >= 15 is 0 Å². The first-order chi connectivity index (χ1) is 9.80. The fraction of sp³-hybridized carbons (Fsp3) is 0.529. The maximum Gasteiger partial charge on any atom is 0.224 e. The highest BCUT2D eigenvalue weighted by atomic mass is 16.1. The molecule has 0 unspecified atom stereocenters. The van der Waals surface area contributed by atoms with Crippen molar-refractivity contribution in [3.05, 3.63) is 29.8 Å². The number of anilines is 1. The first-order valence-electron chi connectivity index (χ1n) is 7.29. The Balaban J connectivity index is 2.29. The zero-order valence-electron chi connectivity index (χ0n) is 13.4. The third-order valence-corrected chi connectivity index (χ3v) is 2.99. The lowest BCUT2D eigenvalue weighted by Gasteiger charge is -2.26. The second-order valence-electron chi connectivity index (χ2n) is 6.64. The third-order valence-electron chi connectivity index (χ3n) is 2.99. The number of nitrogens with one attached hydrogen (secondary N) is 1. The van der Waals surface area contributed by atoms with Gasteiger partial charge in [0.1, 0.15) is 0 Å². The molecular formula is C17H25N3O. The van der Waals surface area contributed by atoms with Crippen LogP contribution < -0.4 is 5.32 Å². The molecule has 0 radical (unpaired) electrons. The van der Waals surface area contributed by atoms with Gasteiger partial charge in [-0.05, 0) is 49.7 Å². The molecule has 21 heavy (non-hydrogen) atoms. The van der Waals surface area contributed by atoms with E-state index in [9.17, 15) is 4.79 Å². The smallest absolute Gasteiger partial charge is 0.224 e. The number of benzene rings is 1. The summed E-state index contributed by atoms with van der Waals surface area (Å²) in [5.41, 5.74) is 1.61. The molecule has 1 amide bonds. The summed E-state index contributed by atoms with van der Waals surface area (Å²) in [6.45, 7) is 8.56. The molecule has 114 valence electrons. The van der Waals surface area contributed by atoms with E-state index in [0.29, 0.717) is 12.0 Å². The molecule has 0 atom stereocenters. The van der Waals surface area contributed by atoms with Crippen LogP contribution >= 0.6 is 0 Å². The molecule has 0 aliphatic heterocycles. The number of hydrogen-bond donors (Lipinski definition) is 1. The van der Waals surface area contributed by atoms with E-state index in [1.807, 2.05) is 0 Å². The Morgan fingerprint density at radius 1 is 1.29 bits per heavy atom. The third kappa shape index (κ3) is 7.48. The Kier molecular flexibility index (Phi) is 6.39. The van der Waals surface area contributed by atoms with Crippen LogP contribution in [0, 0.1) is 16.7 Å². The van der Waals surface area contributed by atoms with Crippen molar-refractivity contribution in [3.63, 3.8) is 0 Å². The van der Waals surface area contributed by atoms with Crippen LogP contribution in [0.25, 0.3) is 0 Å². The second-order valence-corrected chi connectivity index (χ2v) is 6.64. The van der Waals surface area contributed by atoms with Gasteiger partial charge in [-0.25, -0.2) is 0 Å². The minimum Gasteiger partial charge on any atom is -0.326 e. The molecule has 0 aliphatic carbocycles. The van der Waals surface area contributed by atoms with Crippen molar-refractivity contribution in [1.82, 2.24) is 4.90 Å². The van der Waals surface area contributed by atoms with E-state index in [1.54, 1.807) is 24.3 Å². The SMILES string of the molecule is CN(CCCC(=O)Nc1ccc(C#N)cc1)CC(C)(C)C. The fourth-order valence-corrected chi connectivity index (χ4v) is 2.25. The zero-order chi connectivity index (χ0) is 15.9. The van der Waals surface area contributed by atoms with E-state index in [2.05, 4.69) is 44.1 Å². The summed E-state index contributed by atoms with van der Waals surface area (Å²) in [7, 11) is 2.09. The summed E-state index contributed by atoms with van der Waals surface area (Å²) in [5.74, 6) is 0.0175. The number of carbonyl (C=O) groups is 1. The number of nitriles is 1. The number of carbonyl (C=O) groups excluding carboxylic acids is 1. The average Bonchev–Trinajstić information content (AvgIpc) is 2.37. The summed E-state index contributed by atoms with van der Waals surface area (Å²) >= 11 is 0. The molecule has 0 saturated carbocycles. The highest BCUT2D eigenvalue weighted by Gasteiger charge is 2.13. The van der Waals surface area contributed by atoms with Gasteiger partial charge in [-0.15, -0.1) is 0 Å². The van der Waals surface area contributed by atoms with E-state index in [0.717, 1.165) is 25.2 Å². The van der Waals surface area contributed by atoms with Crippen LogP contribution in [0.15, 0.2) is 24.3 Å². The molecule has 4 nitrogen and oxygen atoms in total. The van der Waals surface area contributed by atoms with Gasteiger partial charge in [0, 0.05) is 18.7 Å². The van der Waals surface area contributed by atoms with Gasteiger partial charge in [0.15, 0.2) is 0 Å². The molecule has 0 heterocycles. The van der Waals surface area contributed by atoms with Gasteiger partial charge in [-0.1, -0.05) is 20.8 Å². The molecule has 1 rings (SSSR count). The van der Waals surface area contributed by atoms with Crippen LogP contribution in [-0.2, 0) is 4.79 Å². The minimum absolute atomic E-state index is 0.0175. The van der Waals surface area contributed by atoms with Crippen molar-refractivity contribution >= 4 is 11.6 Å². The Bertz CT molecular complexity index is 494. The fourth-order valence-electron chi connectivity index (χ4n) is 2.25. The zero-order valence-corrected chi connectivity index (χ0v) is 13.4. The Morgan fingerprint density at radius 3 is 2.43 bits per heavy atom. The lowest BCUT2D eigenvalue weighted by Crippen LogP contribution is -2.30. The molecule has 0 spiro atoms. The first-order valence-corrected chi connectivity index (χ1v) is 7.29. The highest BCUT2D eigenvalue weighted by Crippen LogP contribution is 2.14. The van der Waals surface area contributed by atoms with Gasteiger partial charge >= 0.3 is 0 Å². The van der Waals surface area contributed by atoms with Crippen molar-refractivity contribution in [3.8, 4) is 6.07 Å². The standard InChI is InChI=1S/C17H25N3O/c1-17(2,3)13-20(4)11-5-6-16(21)19-15-9-7-14(12-18)8-10-15/h7-10H,5-6,11,13H2,1-4H3,(H,19,21). The Labute approximate surface area is 127 Å². The Morgan fingerprint density at radius 2 is 1.90 bits per heavy atom. The van der Waals surface area contributed by atoms with Crippen molar-refractivity contribution in [2.24, 2.45) is 5.41 Å². The molecule has 0 saturated heterocycles. The van der Waals surface area contributed by atoms with Gasteiger partial charge in [-0.3, -0.25) is 4.79 Å². The summed E-state index contributed by atoms with van der Waals surface area (Å²) in [5, 5.41) is 11.6. The molecule has 0 fully saturated rings. The average molecular weight is 287 g/mol. The van der Waals surface area contributed by atoms with E-state index in [1.165, 1.54) is 0 Å². The van der Waals surface area contributed by atoms with Gasteiger partial charge in [0.2, 0.25) is 5.91 Å². The van der Waals surface area contributed by atoms with Gasteiger partial charge < -0.3 is 10.2 Å². The number of hydrogen-bond acceptors (Lipinski definition) is 3. The predicted molar refractivity (Wildman–Crippen MR) is 86.0 cm³/mol. The maximum atomic E-state index is 11.8. The van der Waals surface area contributed by atoms with Crippen molar-refractivity contribution in [2.75, 3.05) is 25.5 Å². The molecule has 0 aromatic heterocycles. The van der Waals surface area contributed by atoms with E-state index in [4.69, 9.17) is 5.26 Å². The highest BCUT2D eigenvalue weighted by molar-refractivity contribution is 5.90. The van der Waals surface area contributed by atoms with Crippen molar-refractivity contribution in [1.29, 1.82) is 5.26 Å². The second kappa shape index (κ2) is 7.80.